The first kappa shape index (κ1) is 23.4. The lowest BCUT2D eigenvalue weighted by atomic mass is 9.78. The van der Waals surface area contributed by atoms with Crippen LogP contribution in [0.3, 0.4) is 0 Å². The van der Waals surface area contributed by atoms with Gasteiger partial charge in [-0.05, 0) is 70.1 Å². The Labute approximate surface area is 203 Å². The third-order valence-electron chi connectivity index (χ3n) is 6.66. The first-order valence-corrected chi connectivity index (χ1v) is 12.1. The highest BCUT2D eigenvalue weighted by molar-refractivity contribution is 9.10. The number of hydrogen-bond acceptors (Lipinski definition) is 4. The van der Waals surface area contributed by atoms with Crippen LogP contribution in [0.25, 0.3) is 6.08 Å². The number of benzene rings is 2. The number of hydrogen-bond donors (Lipinski definition) is 1. The molecule has 3 atom stereocenters. The van der Waals surface area contributed by atoms with Crippen LogP contribution in [-0.2, 0) is 9.59 Å². The molecule has 0 saturated heterocycles. The second-order valence-electron chi connectivity index (χ2n) is 8.80. The summed E-state index contributed by atoms with van der Waals surface area (Å²) in [6, 6.07) is 12.9. The average molecular weight is 513 g/mol. The van der Waals surface area contributed by atoms with Gasteiger partial charge in [0.15, 0.2) is 11.5 Å². The summed E-state index contributed by atoms with van der Waals surface area (Å²) in [6.45, 7) is 4.37. The zero-order chi connectivity index (χ0) is 23.5. The number of methoxy groups -OCH3 is 1. The Balaban J connectivity index is 1.57. The smallest absolute Gasteiger partial charge is 0.294 e. The molecule has 174 valence electrons. The summed E-state index contributed by atoms with van der Waals surface area (Å²) in [5, 5.41) is 3.17. The Morgan fingerprint density at radius 2 is 2.03 bits per heavy atom. The van der Waals surface area contributed by atoms with Crippen molar-refractivity contribution in [1.29, 1.82) is 0 Å². The standard InChI is InChI=1S/C26H29BrN2O4/c1-16-7-6-8-20(17(16)2)28-25(30)15-29-21-9-4-5-10-23(21)33-24(26(29)31)14-18-11-12-22(32-3)19(27)13-18/h4-5,9-14,16-17,20H,6-8,15H2,1-3H3,(H,28,30)/b24-14-/t16-,17-,20-/m1/s1. The first-order valence-electron chi connectivity index (χ1n) is 11.3. The highest BCUT2D eigenvalue weighted by Crippen LogP contribution is 2.36. The minimum atomic E-state index is -0.346. The van der Waals surface area contributed by atoms with Crippen LogP contribution < -0.4 is 19.7 Å². The van der Waals surface area contributed by atoms with Gasteiger partial charge < -0.3 is 14.8 Å². The van der Waals surface area contributed by atoms with E-state index in [4.69, 9.17) is 9.47 Å². The fourth-order valence-corrected chi connectivity index (χ4v) is 5.08. The minimum absolute atomic E-state index is 0.0551. The van der Waals surface area contributed by atoms with Crippen molar-refractivity contribution in [3.63, 3.8) is 0 Å². The molecule has 0 radical (unpaired) electrons. The Morgan fingerprint density at radius 1 is 1.24 bits per heavy atom. The van der Waals surface area contributed by atoms with Gasteiger partial charge in [0, 0.05) is 6.04 Å². The molecule has 0 spiro atoms. The molecule has 7 heteroatoms. The Bertz CT molecular complexity index is 1080. The van der Waals surface area contributed by atoms with Gasteiger partial charge in [0.25, 0.3) is 5.91 Å². The molecule has 1 aliphatic heterocycles. The van der Waals surface area contributed by atoms with Gasteiger partial charge in [0.1, 0.15) is 12.3 Å². The fourth-order valence-electron chi connectivity index (χ4n) is 4.52. The molecule has 0 bridgehead atoms. The molecular formula is C26H29BrN2O4. The van der Waals surface area contributed by atoms with Crippen LogP contribution in [0, 0.1) is 11.8 Å². The van der Waals surface area contributed by atoms with Crippen LogP contribution >= 0.6 is 15.9 Å². The lowest BCUT2D eigenvalue weighted by Gasteiger charge is -2.35. The Kier molecular flexibility index (Phi) is 7.08. The SMILES string of the molecule is COc1ccc(/C=C2\Oc3ccccc3N(CC(=O)N[C@@H]3CCC[C@@H](C)[C@H]3C)C2=O)cc1Br. The third kappa shape index (κ3) is 5.08. The normalized spacial score (nSPS) is 23.6. The maximum absolute atomic E-state index is 13.4. The number of amides is 2. The van der Waals surface area contributed by atoms with E-state index in [1.165, 1.54) is 11.3 Å². The fraction of sp³-hybridized carbons (Fsp3) is 0.385. The maximum Gasteiger partial charge on any atom is 0.294 e. The van der Waals surface area contributed by atoms with E-state index in [0.29, 0.717) is 29.0 Å². The van der Waals surface area contributed by atoms with Crippen LogP contribution in [0.5, 0.6) is 11.5 Å². The Morgan fingerprint density at radius 3 is 2.79 bits per heavy atom. The lowest BCUT2D eigenvalue weighted by Crippen LogP contribution is -2.49. The maximum atomic E-state index is 13.4. The number of para-hydroxylation sites is 2. The number of anilines is 1. The van der Waals surface area contributed by atoms with E-state index in [1.807, 2.05) is 30.3 Å². The molecule has 1 N–H and O–H groups in total. The van der Waals surface area contributed by atoms with E-state index in [1.54, 1.807) is 25.3 Å². The summed E-state index contributed by atoms with van der Waals surface area (Å²) in [4.78, 5) is 27.8. The zero-order valence-electron chi connectivity index (χ0n) is 19.1. The molecule has 2 aliphatic rings. The molecule has 0 aromatic heterocycles. The van der Waals surface area contributed by atoms with Crippen molar-refractivity contribution in [1.82, 2.24) is 5.32 Å². The van der Waals surface area contributed by atoms with E-state index in [2.05, 4.69) is 35.1 Å². The van der Waals surface area contributed by atoms with Crippen LogP contribution in [-0.4, -0.2) is 31.5 Å². The van der Waals surface area contributed by atoms with Crippen LogP contribution in [0.15, 0.2) is 52.7 Å². The number of halogens is 1. The molecule has 1 aliphatic carbocycles. The van der Waals surface area contributed by atoms with Crippen molar-refractivity contribution in [3.8, 4) is 11.5 Å². The van der Waals surface area contributed by atoms with E-state index in [9.17, 15) is 9.59 Å². The number of carbonyl (C=O) groups is 2. The molecule has 2 aromatic rings. The molecule has 33 heavy (non-hydrogen) atoms. The number of carbonyl (C=O) groups excluding carboxylic acids is 2. The molecule has 6 nitrogen and oxygen atoms in total. The van der Waals surface area contributed by atoms with Gasteiger partial charge in [0.2, 0.25) is 5.91 Å². The molecule has 2 aromatic carbocycles. The summed E-state index contributed by atoms with van der Waals surface area (Å²) in [5.74, 6) is 1.90. The van der Waals surface area contributed by atoms with E-state index in [0.717, 1.165) is 22.9 Å². The summed E-state index contributed by atoms with van der Waals surface area (Å²) < 4.78 is 12.0. The zero-order valence-corrected chi connectivity index (χ0v) is 20.7. The predicted molar refractivity (Wildman–Crippen MR) is 132 cm³/mol. The van der Waals surface area contributed by atoms with Crippen molar-refractivity contribution in [3.05, 3.63) is 58.3 Å². The van der Waals surface area contributed by atoms with Crippen molar-refractivity contribution in [2.45, 2.75) is 39.2 Å². The molecule has 2 amide bonds. The minimum Gasteiger partial charge on any atom is -0.496 e. The van der Waals surface area contributed by atoms with Gasteiger partial charge in [-0.15, -0.1) is 0 Å². The second kappa shape index (κ2) is 10.00. The van der Waals surface area contributed by atoms with Crippen LogP contribution in [0.1, 0.15) is 38.7 Å². The van der Waals surface area contributed by atoms with E-state index in [-0.39, 0.29) is 30.2 Å². The van der Waals surface area contributed by atoms with Crippen LogP contribution in [0.4, 0.5) is 5.69 Å². The molecule has 1 heterocycles. The molecule has 0 unspecified atom stereocenters. The molecular weight excluding hydrogens is 484 g/mol. The van der Waals surface area contributed by atoms with Crippen molar-refractivity contribution in [2.75, 3.05) is 18.6 Å². The summed E-state index contributed by atoms with van der Waals surface area (Å²) in [6.07, 6.45) is 4.96. The lowest BCUT2D eigenvalue weighted by molar-refractivity contribution is -0.124. The number of fused-ring (bicyclic) bond motifs is 1. The van der Waals surface area contributed by atoms with E-state index >= 15 is 0 Å². The second-order valence-corrected chi connectivity index (χ2v) is 9.66. The monoisotopic (exact) mass is 512 g/mol. The van der Waals surface area contributed by atoms with E-state index < -0.39 is 0 Å². The third-order valence-corrected chi connectivity index (χ3v) is 7.28. The predicted octanol–water partition coefficient (Wildman–Crippen LogP) is 5.17. The highest BCUT2D eigenvalue weighted by atomic mass is 79.9. The molecule has 4 rings (SSSR count). The highest BCUT2D eigenvalue weighted by Gasteiger charge is 2.33. The summed E-state index contributed by atoms with van der Waals surface area (Å²) >= 11 is 3.47. The number of nitrogens with one attached hydrogen (secondary N) is 1. The quantitative estimate of drug-likeness (QED) is 0.561. The molecule has 1 fully saturated rings. The topological polar surface area (TPSA) is 67.9 Å². The number of ether oxygens (including phenoxy) is 2. The molecule has 1 saturated carbocycles. The van der Waals surface area contributed by atoms with Gasteiger partial charge in [0.05, 0.1) is 17.3 Å². The van der Waals surface area contributed by atoms with Gasteiger partial charge in [-0.1, -0.05) is 44.9 Å². The van der Waals surface area contributed by atoms with Gasteiger partial charge in [-0.3, -0.25) is 14.5 Å². The first-order chi connectivity index (χ1) is 15.9. The van der Waals surface area contributed by atoms with Crippen molar-refractivity contribution < 1.29 is 19.1 Å². The van der Waals surface area contributed by atoms with Gasteiger partial charge in [-0.25, -0.2) is 0 Å². The van der Waals surface area contributed by atoms with Crippen molar-refractivity contribution >= 4 is 39.5 Å². The van der Waals surface area contributed by atoms with Crippen molar-refractivity contribution in [2.24, 2.45) is 11.8 Å². The Hall–Kier alpha value is -2.80. The average Bonchev–Trinajstić information content (AvgIpc) is 2.80. The summed E-state index contributed by atoms with van der Waals surface area (Å²) in [7, 11) is 1.60. The largest absolute Gasteiger partial charge is 0.496 e. The summed E-state index contributed by atoms with van der Waals surface area (Å²) in [5.41, 5.74) is 1.37. The van der Waals surface area contributed by atoms with Gasteiger partial charge >= 0.3 is 0 Å². The van der Waals surface area contributed by atoms with Gasteiger partial charge in [-0.2, -0.15) is 0 Å². The van der Waals surface area contributed by atoms with Crippen LogP contribution in [0.2, 0.25) is 0 Å². The number of rotatable bonds is 5. The number of nitrogens with zero attached hydrogens (tertiary/aromatic N) is 1.